The lowest BCUT2D eigenvalue weighted by Crippen LogP contribution is -2.55. The molecule has 0 spiro atoms. The summed E-state index contributed by atoms with van der Waals surface area (Å²) >= 11 is 0. The molecule has 2 atom stereocenters. The number of ether oxygens (including phenoxy) is 2. The highest BCUT2D eigenvalue weighted by Crippen LogP contribution is 2.47. The van der Waals surface area contributed by atoms with Crippen LogP contribution in [0.1, 0.15) is 64.8 Å². The summed E-state index contributed by atoms with van der Waals surface area (Å²) in [6.45, 7) is 7.03. The fourth-order valence-corrected chi connectivity index (χ4v) is 3.36. The quantitative estimate of drug-likeness (QED) is 0.814. The number of nitrogens with one attached hydrogen (secondary N) is 2. The lowest BCUT2D eigenvalue weighted by Gasteiger charge is -2.44. The maximum Gasteiger partial charge on any atom is 0.408 e. The number of nitrogens with zero attached hydrogens (tertiary/aromatic N) is 3. The van der Waals surface area contributed by atoms with Crippen molar-refractivity contribution < 1.29 is 23.5 Å². The fraction of sp³-hybridized carbons (Fsp3) is 0.706. The first-order valence-electron chi connectivity index (χ1n) is 8.81. The van der Waals surface area contributed by atoms with Gasteiger partial charge in [-0.15, -0.1) is 10.2 Å². The van der Waals surface area contributed by atoms with Gasteiger partial charge in [0.15, 0.2) is 0 Å². The second-order valence-corrected chi connectivity index (χ2v) is 8.02. The van der Waals surface area contributed by atoms with E-state index in [2.05, 4.69) is 26.9 Å². The van der Waals surface area contributed by atoms with E-state index in [9.17, 15) is 9.59 Å². The van der Waals surface area contributed by atoms with Crippen molar-refractivity contribution in [2.45, 2.75) is 70.2 Å². The molecule has 0 bridgehead atoms. The van der Waals surface area contributed by atoms with Crippen LogP contribution >= 0.6 is 0 Å². The van der Waals surface area contributed by atoms with Crippen LogP contribution in [-0.2, 0) is 15.0 Å². The average Bonchev–Trinajstić information content (AvgIpc) is 3.09. The van der Waals surface area contributed by atoms with Gasteiger partial charge in [0, 0.05) is 6.42 Å². The minimum atomic E-state index is -0.887. The van der Waals surface area contributed by atoms with E-state index in [1.807, 2.05) is 0 Å². The van der Waals surface area contributed by atoms with Gasteiger partial charge in [-0.2, -0.15) is 5.26 Å². The molecule has 10 nitrogen and oxygen atoms in total. The number of aromatic nitrogens is 2. The summed E-state index contributed by atoms with van der Waals surface area (Å²) in [6, 6.07) is 1.59. The molecule has 2 N–H and O–H groups in total. The highest BCUT2D eigenvalue weighted by Gasteiger charge is 2.52. The van der Waals surface area contributed by atoms with Crippen LogP contribution in [0.25, 0.3) is 0 Å². The molecule has 1 aromatic heterocycles. The minimum absolute atomic E-state index is 0.119. The molecule has 2 fully saturated rings. The molecule has 0 unspecified atom stereocenters. The van der Waals surface area contributed by atoms with Crippen LogP contribution in [0.3, 0.4) is 0 Å². The van der Waals surface area contributed by atoms with E-state index in [1.165, 1.54) is 0 Å². The number of carbonyl (C=O) groups excluding carboxylic acids is 2. The number of nitriles is 1. The number of hydrogen-bond donors (Lipinski definition) is 2. The highest BCUT2D eigenvalue weighted by atomic mass is 16.6. The molecule has 2 heterocycles. The standard InChI is InChI=1S/C17H23N5O5/c1-9-11(19-14(23)25-9)12-21-22-13(26-12)17(7-10(8-17)5-6-18)20-15(24)27-16(2,3)4/h9-11H,5,7-8H2,1-4H3,(H,19,23)(H,20,24)/t9-,10-,11+,17-/m1/s1. The first-order valence-corrected chi connectivity index (χ1v) is 8.81. The van der Waals surface area contributed by atoms with Crippen LogP contribution in [0.5, 0.6) is 0 Å². The van der Waals surface area contributed by atoms with E-state index in [0.29, 0.717) is 19.3 Å². The number of carbonyl (C=O) groups is 2. The Labute approximate surface area is 156 Å². The van der Waals surface area contributed by atoms with Gasteiger partial charge in [0.25, 0.3) is 0 Å². The van der Waals surface area contributed by atoms with Gasteiger partial charge >= 0.3 is 12.2 Å². The van der Waals surface area contributed by atoms with E-state index < -0.39 is 35.5 Å². The van der Waals surface area contributed by atoms with Gasteiger partial charge in [0.05, 0.1) is 6.07 Å². The predicted molar refractivity (Wildman–Crippen MR) is 90.1 cm³/mol. The van der Waals surface area contributed by atoms with Crippen LogP contribution in [0, 0.1) is 17.2 Å². The molecule has 1 aliphatic heterocycles. The SMILES string of the molecule is C[C@H]1OC(=O)N[C@@H]1c1nnc([C@]2(NC(=O)OC(C)(C)C)C[C@H](CC#N)C2)o1. The van der Waals surface area contributed by atoms with Crippen LogP contribution in [0.2, 0.25) is 0 Å². The molecule has 1 aromatic rings. The molecule has 1 saturated carbocycles. The number of amides is 2. The van der Waals surface area contributed by atoms with Gasteiger partial charge in [-0.05, 0) is 46.5 Å². The third-order valence-electron chi connectivity index (χ3n) is 4.55. The van der Waals surface area contributed by atoms with Crippen LogP contribution < -0.4 is 10.6 Å². The summed E-state index contributed by atoms with van der Waals surface area (Å²) in [7, 11) is 0. The Hall–Kier alpha value is -2.83. The molecule has 10 heteroatoms. The van der Waals surface area contributed by atoms with E-state index in [0.717, 1.165) is 0 Å². The van der Waals surface area contributed by atoms with Crippen molar-refractivity contribution in [2.75, 3.05) is 0 Å². The number of alkyl carbamates (subject to hydrolysis) is 2. The summed E-state index contributed by atoms with van der Waals surface area (Å²) in [6.07, 6.45) is -0.236. The van der Waals surface area contributed by atoms with Crippen molar-refractivity contribution in [3.8, 4) is 6.07 Å². The van der Waals surface area contributed by atoms with Crippen molar-refractivity contribution in [3.05, 3.63) is 11.8 Å². The Kier molecular flexibility index (Phi) is 4.71. The first kappa shape index (κ1) is 18.9. The van der Waals surface area contributed by atoms with Gasteiger partial charge < -0.3 is 24.5 Å². The normalized spacial score (nSPS) is 29.9. The average molecular weight is 377 g/mol. The Bertz CT molecular complexity index is 771. The van der Waals surface area contributed by atoms with Crippen LogP contribution in [0.15, 0.2) is 4.42 Å². The Morgan fingerprint density at radius 3 is 2.70 bits per heavy atom. The zero-order chi connectivity index (χ0) is 19.8. The van der Waals surface area contributed by atoms with Gasteiger partial charge in [-0.1, -0.05) is 0 Å². The molecule has 2 aliphatic rings. The maximum absolute atomic E-state index is 12.3. The van der Waals surface area contributed by atoms with Gasteiger partial charge in [0.2, 0.25) is 11.8 Å². The van der Waals surface area contributed by atoms with Crippen molar-refractivity contribution in [2.24, 2.45) is 5.92 Å². The predicted octanol–water partition coefficient (Wildman–Crippen LogP) is 2.28. The molecule has 0 aromatic carbocycles. The largest absolute Gasteiger partial charge is 0.444 e. The van der Waals surface area contributed by atoms with E-state index >= 15 is 0 Å². The second kappa shape index (κ2) is 6.72. The van der Waals surface area contributed by atoms with Gasteiger partial charge in [0.1, 0.15) is 23.3 Å². The zero-order valence-corrected chi connectivity index (χ0v) is 15.7. The van der Waals surface area contributed by atoms with Crippen molar-refractivity contribution in [1.29, 1.82) is 5.26 Å². The molecule has 2 amide bonds. The van der Waals surface area contributed by atoms with E-state index in [-0.39, 0.29) is 17.7 Å². The topological polar surface area (TPSA) is 139 Å². The highest BCUT2D eigenvalue weighted by molar-refractivity contribution is 5.70. The Morgan fingerprint density at radius 1 is 1.44 bits per heavy atom. The Balaban J connectivity index is 1.79. The van der Waals surface area contributed by atoms with Gasteiger partial charge in [-0.3, -0.25) is 0 Å². The maximum atomic E-state index is 12.3. The van der Waals surface area contributed by atoms with Crippen LogP contribution in [0.4, 0.5) is 9.59 Å². The summed E-state index contributed by atoms with van der Waals surface area (Å²) in [5.74, 6) is 0.553. The monoisotopic (exact) mass is 377 g/mol. The molecular weight excluding hydrogens is 354 g/mol. The van der Waals surface area contributed by atoms with Crippen molar-refractivity contribution in [1.82, 2.24) is 20.8 Å². The summed E-state index contributed by atoms with van der Waals surface area (Å²) < 4.78 is 16.2. The molecule has 3 rings (SSSR count). The second-order valence-electron chi connectivity index (χ2n) is 8.02. The fourth-order valence-electron chi connectivity index (χ4n) is 3.36. The molecule has 0 radical (unpaired) electrons. The smallest absolute Gasteiger partial charge is 0.408 e. The zero-order valence-electron chi connectivity index (χ0n) is 15.7. The van der Waals surface area contributed by atoms with Crippen molar-refractivity contribution in [3.63, 3.8) is 0 Å². The minimum Gasteiger partial charge on any atom is -0.444 e. The van der Waals surface area contributed by atoms with E-state index in [4.69, 9.17) is 19.2 Å². The number of hydrogen-bond acceptors (Lipinski definition) is 8. The molecular formula is C17H23N5O5. The lowest BCUT2D eigenvalue weighted by atomic mass is 9.67. The third-order valence-corrected chi connectivity index (χ3v) is 4.55. The summed E-state index contributed by atoms with van der Waals surface area (Å²) in [5.41, 5.74) is -1.54. The van der Waals surface area contributed by atoms with Crippen LogP contribution in [-0.4, -0.2) is 34.1 Å². The molecule has 1 aliphatic carbocycles. The number of rotatable bonds is 4. The first-order chi connectivity index (χ1) is 12.6. The van der Waals surface area contributed by atoms with Gasteiger partial charge in [-0.25, -0.2) is 9.59 Å². The third kappa shape index (κ3) is 3.97. The Morgan fingerprint density at radius 2 is 2.15 bits per heavy atom. The van der Waals surface area contributed by atoms with Crippen molar-refractivity contribution >= 4 is 12.2 Å². The lowest BCUT2D eigenvalue weighted by molar-refractivity contribution is 0.0197. The molecule has 146 valence electrons. The summed E-state index contributed by atoms with van der Waals surface area (Å²) in [4.78, 5) is 23.7. The molecule has 1 saturated heterocycles. The molecule has 27 heavy (non-hydrogen) atoms. The summed E-state index contributed by atoms with van der Waals surface area (Å²) in [5, 5.41) is 22.4. The van der Waals surface area contributed by atoms with E-state index in [1.54, 1.807) is 27.7 Å². The number of cyclic esters (lactones) is 1.